The molecule has 0 bridgehead atoms. The third-order valence-electron chi connectivity index (χ3n) is 1.52. The Bertz CT molecular complexity index is 312. The van der Waals surface area contributed by atoms with Gasteiger partial charge in [0.15, 0.2) is 5.13 Å². The van der Waals surface area contributed by atoms with Gasteiger partial charge in [0.1, 0.15) is 0 Å². The molecule has 13 heavy (non-hydrogen) atoms. The quantitative estimate of drug-likeness (QED) is 0.753. The van der Waals surface area contributed by atoms with Crippen LogP contribution in [-0.4, -0.2) is 10.9 Å². The molecule has 1 aromatic rings. The average molecular weight is 198 g/mol. The van der Waals surface area contributed by atoms with Crippen LogP contribution in [0.4, 0.5) is 5.13 Å². The van der Waals surface area contributed by atoms with Gasteiger partial charge in [-0.15, -0.1) is 11.3 Å². The number of aryl methyl sites for hydroxylation is 1. The van der Waals surface area contributed by atoms with Gasteiger partial charge < -0.3 is 5.32 Å². The SMILES string of the molecule is Cc1csc(NC(=O)C(C)(C)C)n1. The van der Waals surface area contributed by atoms with Crippen LogP contribution in [0.2, 0.25) is 0 Å². The van der Waals surface area contributed by atoms with Crippen molar-refractivity contribution < 1.29 is 4.79 Å². The van der Waals surface area contributed by atoms with Crippen molar-refractivity contribution in [3.05, 3.63) is 11.1 Å². The molecule has 0 spiro atoms. The molecule has 1 N–H and O–H groups in total. The summed E-state index contributed by atoms with van der Waals surface area (Å²) in [6, 6.07) is 0. The fraction of sp³-hybridized carbons (Fsp3) is 0.556. The lowest BCUT2D eigenvalue weighted by molar-refractivity contribution is -0.123. The number of carbonyl (C=O) groups excluding carboxylic acids is 1. The lowest BCUT2D eigenvalue weighted by Gasteiger charge is -2.15. The van der Waals surface area contributed by atoms with Crippen LogP contribution in [0, 0.1) is 12.3 Å². The van der Waals surface area contributed by atoms with Crippen LogP contribution in [0.15, 0.2) is 5.38 Å². The fourth-order valence-corrected chi connectivity index (χ4v) is 1.38. The fourth-order valence-electron chi connectivity index (χ4n) is 0.696. The first kappa shape index (κ1) is 10.2. The first-order valence-electron chi connectivity index (χ1n) is 4.13. The van der Waals surface area contributed by atoms with E-state index in [1.165, 1.54) is 11.3 Å². The molecular weight excluding hydrogens is 184 g/mol. The predicted octanol–water partition coefficient (Wildman–Crippen LogP) is 2.44. The summed E-state index contributed by atoms with van der Waals surface area (Å²) in [7, 11) is 0. The van der Waals surface area contributed by atoms with Crippen LogP contribution in [-0.2, 0) is 4.79 Å². The lowest BCUT2D eigenvalue weighted by atomic mass is 9.96. The molecule has 0 atom stereocenters. The summed E-state index contributed by atoms with van der Waals surface area (Å²) in [6.07, 6.45) is 0. The lowest BCUT2D eigenvalue weighted by Crippen LogP contribution is -2.27. The molecule has 0 saturated heterocycles. The third kappa shape index (κ3) is 2.81. The molecule has 0 fully saturated rings. The highest BCUT2D eigenvalue weighted by atomic mass is 32.1. The monoisotopic (exact) mass is 198 g/mol. The second kappa shape index (κ2) is 3.46. The van der Waals surface area contributed by atoms with E-state index in [9.17, 15) is 4.79 Å². The maximum Gasteiger partial charge on any atom is 0.231 e. The van der Waals surface area contributed by atoms with E-state index in [2.05, 4.69) is 10.3 Å². The van der Waals surface area contributed by atoms with Gasteiger partial charge in [-0.2, -0.15) is 0 Å². The maximum absolute atomic E-state index is 11.5. The van der Waals surface area contributed by atoms with Gasteiger partial charge in [0, 0.05) is 10.8 Å². The molecule has 0 aliphatic rings. The molecule has 3 nitrogen and oxygen atoms in total. The minimum Gasteiger partial charge on any atom is -0.302 e. The Kier molecular flexibility index (Phi) is 2.71. The van der Waals surface area contributed by atoms with Gasteiger partial charge in [0.25, 0.3) is 0 Å². The molecule has 0 aromatic carbocycles. The third-order valence-corrected chi connectivity index (χ3v) is 2.40. The van der Waals surface area contributed by atoms with Gasteiger partial charge in [-0.05, 0) is 6.92 Å². The molecule has 72 valence electrons. The highest BCUT2D eigenvalue weighted by molar-refractivity contribution is 7.13. The zero-order valence-corrected chi connectivity index (χ0v) is 9.16. The summed E-state index contributed by atoms with van der Waals surface area (Å²) in [5.41, 5.74) is 0.578. The highest BCUT2D eigenvalue weighted by Gasteiger charge is 2.21. The van der Waals surface area contributed by atoms with Gasteiger partial charge in [-0.3, -0.25) is 4.79 Å². The number of hydrogen-bond acceptors (Lipinski definition) is 3. The number of rotatable bonds is 1. The van der Waals surface area contributed by atoms with E-state index in [0.29, 0.717) is 5.13 Å². The number of carbonyl (C=O) groups is 1. The zero-order chi connectivity index (χ0) is 10.1. The number of nitrogens with one attached hydrogen (secondary N) is 1. The van der Waals surface area contributed by atoms with Gasteiger partial charge in [-0.1, -0.05) is 20.8 Å². The summed E-state index contributed by atoms with van der Waals surface area (Å²) in [5.74, 6) is 0.00171. The Morgan fingerprint density at radius 3 is 2.54 bits per heavy atom. The van der Waals surface area contributed by atoms with E-state index in [-0.39, 0.29) is 11.3 Å². The molecule has 0 aliphatic heterocycles. The summed E-state index contributed by atoms with van der Waals surface area (Å²) < 4.78 is 0. The van der Waals surface area contributed by atoms with E-state index >= 15 is 0 Å². The molecule has 1 heterocycles. The molecule has 1 amide bonds. The van der Waals surface area contributed by atoms with Crippen LogP contribution in [0.1, 0.15) is 26.5 Å². The molecule has 0 saturated carbocycles. The minimum absolute atomic E-state index is 0.00171. The molecule has 0 radical (unpaired) electrons. The first-order chi connectivity index (χ1) is 5.89. The summed E-state index contributed by atoms with van der Waals surface area (Å²) in [4.78, 5) is 15.6. The maximum atomic E-state index is 11.5. The van der Waals surface area contributed by atoms with Crippen molar-refractivity contribution in [1.29, 1.82) is 0 Å². The van der Waals surface area contributed by atoms with Gasteiger partial charge in [0.05, 0.1) is 5.69 Å². The van der Waals surface area contributed by atoms with Crippen LogP contribution in [0.3, 0.4) is 0 Å². The highest BCUT2D eigenvalue weighted by Crippen LogP contribution is 2.19. The number of hydrogen-bond donors (Lipinski definition) is 1. The van der Waals surface area contributed by atoms with Crippen molar-refractivity contribution in [3.8, 4) is 0 Å². The second-order valence-corrected chi connectivity index (χ2v) is 4.86. The summed E-state index contributed by atoms with van der Waals surface area (Å²) >= 11 is 1.45. The largest absolute Gasteiger partial charge is 0.302 e. The van der Waals surface area contributed by atoms with E-state index in [1.807, 2.05) is 33.1 Å². The average Bonchev–Trinajstić information content (AvgIpc) is 2.33. The zero-order valence-electron chi connectivity index (χ0n) is 8.34. The van der Waals surface area contributed by atoms with E-state index in [4.69, 9.17) is 0 Å². The van der Waals surface area contributed by atoms with Gasteiger partial charge >= 0.3 is 0 Å². The Balaban J connectivity index is 2.65. The predicted molar refractivity (Wildman–Crippen MR) is 54.9 cm³/mol. The summed E-state index contributed by atoms with van der Waals surface area (Å²) in [6.45, 7) is 7.54. The van der Waals surface area contributed by atoms with E-state index in [1.54, 1.807) is 0 Å². The van der Waals surface area contributed by atoms with Crippen molar-refractivity contribution >= 4 is 22.4 Å². The number of nitrogens with zero attached hydrogens (tertiary/aromatic N) is 1. The Hall–Kier alpha value is -0.900. The standard InChI is InChI=1S/C9H14N2OS/c1-6-5-13-8(10-6)11-7(12)9(2,3)4/h5H,1-4H3,(H,10,11,12). The van der Waals surface area contributed by atoms with E-state index < -0.39 is 0 Å². The number of amides is 1. The molecule has 1 aromatic heterocycles. The van der Waals surface area contributed by atoms with Crippen LogP contribution < -0.4 is 5.32 Å². The number of anilines is 1. The second-order valence-electron chi connectivity index (χ2n) is 4.00. The Morgan fingerprint density at radius 1 is 1.54 bits per heavy atom. The Labute approximate surface area is 82.2 Å². The van der Waals surface area contributed by atoms with Crippen molar-refractivity contribution in [2.75, 3.05) is 5.32 Å². The molecule has 1 rings (SSSR count). The van der Waals surface area contributed by atoms with Crippen LogP contribution in [0.25, 0.3) is 0 Å². The molecular formula is C9H14N2OS. The van der Waals surface area contributed by atoms with Crippen molar-refractivity contribution in [3.63, 3.8) is 0 Å². The smallest absolute Gasteiger partial charge is 0.231 e. The normalized spacial score (nSPS) is 11.4. The van der Waals surface area contributed by atoms with Crippen LogP contribution >= 0.6 is 11.3 Å². The van der Waals surface area contributed by atoms with Crippen LogP contribution in [0.5, 0.6) is 0 Å². The summed E-state index contributed by atoms with van der Waals surface area (Å²) in [5, 5.41) is 5.36. The number of aromatic nitrogens is 1. The molecule has 0 aliphatic carbocycles. The molecule has 4 heteroatoms. The van der Waals surface area contributed by atoms with Crippen molar-refractivity contribution in [2.24, 2.45) is 5.41 Å². The number of thiazole rings is 1. The van der Waals surface area contributed by atoms with Gasteiger partial charge in [-0.25, -0.2) is 4.98 Å². The molecule has 0 unspecified atom stereocenters. The van der Waals surface area contributed by atoms with Crippen molar-refractivity contribution in [2.45, 2.75) is 27.7 Å². The topological polar surface area (TPSA) is 42.0 Å². The Morgan fingerprint density at radius 2 is 2.15 bits per heavy atom. The van der Waals surface area contributed by atoms with Gasteiger partial charge in [0.2, 0.25) is 5.91 Å². The van der Waals surface area contributed by atoms with E-state index in [0.717, 1.165) is 5.69 Å². The minimum atomic E-state index is -0.362. The first-order valence-corrected chi connectivity index (χ1v) is 5.01. The van der Waals surface area contributed by atoms with Crippen molar-refractivity contribution in [1.82, 2.24) is 4.98 Å².